The van der Waals surface area contributed by atoms with Gasteiger partial charge in [0.25, 0.3) is 10.0 Å². The van der Waals surface area contributed by atoms with Gasteiger partial charge in [0, 0.05) is 24.5 Å². The first-order chi connectivity index (χ1) is 21.1. The number of methoxy groups -OCH3 is 1. The third kappa shape index (κ3) is 7.94. The average Bonchev–Trinajstić information content (AvgIpc) is 3.03. The van der Waals surface area contributed by atoms with E-state index in [0.717, 1.165) is 22.0 Å². The smallest absolute Gasteiger partial charge is 0.264 e. The van der Waals surface area contributed by atoms with E-state index in [-0.39, 0.29) is 23.5 Å². The Morgan fingerprint density at radius 3 is 2.16 bits per heavy atom. The number of carbonyl (C=O) groups excluding carboxylic acids is 2. The van der Waals surface area contributed by atoms with Crippen LogP contribution in [-0.4, -0.2) is 51.4 Å². The van der Waals surface area contributed by atoms with Crippen molar-refractivity contribution in [3.8, 4) is 5.75 Å². The van der Waals surface area contributed by atoms with Gasteiger partial charge in [-0.05, 0) is 72.6 Å². The Bertz CT molecular complexity index is 1670. The Morgan fingerprint density at radius 1 is 0.909 bits per heavy atom. The second-order valence-electron chi connectivity index (χ2n) is 9.88. The Kier molecular flexibility index (Phi) is 11.0. The summed E-state index contributed by atoms with van der Waals surface area (Å²) in [7, 11) is -2.88. The number of anilines is 1. The van der Waals surface area contributed by atoms with Crippen molar-refractivity contribution in [1.29, 1.82) is 0 Å². The van der Waals surface area contributed by atoms with Crippen LogP contribution >= 0.6 is 11.6 Å². The lowest BCUT2D eigenvalue weighted by molar-refractivity contribution is -0.140. The van der Waals surface area contributed by atoms with Crippen molar-refractivity contribution in [2.75, 3.05) is 24.5 Å². The van der Waals surface area contributed by atoms with Gasteiger partial charge in [0.2, 0.25) is 11.8 Å². The van der Waals surface area contributed by atoms with Crippen LogP contribution in [0.15, 0.2) is 108 Å². The molecule has 0 fully saturated rings. The first kappa shape index (κ1) is 32.5. The van der Waals surface area contributed by atoms with Gasteiger partial charge in [-0.2, -0.15) is 0 Å². The maximum absolute atomic E-state index is 14.3. The standard InChI is InChI=1S/C33H33ClFN3O5S/c1-3-36-33(40)31(21-24-9-5-4-6-10-24)37(22-25-11-7-8-12-30(25)34)32(39)23-38(27-15-13-26(35)14-16-27)44(41,42)29-19-17-28(43-2)18-20-29/h4-20,31H,3,21-23H2,1-2H3,(H,36,40)/t31-/m0/s1. The molecule has 0 bridgehead atoms. The fourth-order valence-corrected chi connectivity index (χ4v) is 6.28. The molecule has 0 unspecified atom stereocenters. The highest BCUT2D eigenvalue weighted by Gasteiger charge is 2.34. The van der Waals surface area contributed by atoms with Crippen LogP contribution in [0.4, 0.5) is 10.1 Å². The van der Waals surface area contributed by atoms with Gasteiger partial charge >= 0.3 is 0 Å². The van der Waals surface area contributed by atoms with Crippen LogP contribution in [0.5, 0.6) is 5.75 Å². The average molecular weight is 638 g/mol. The van der Waals surface area contributed by atoms with Crippen LogP contribution in [0, 0.1) is 5.82 Å². The monoisotopic (exact) mass is 637 g/mol. The molecule has 0 saturated heterocycles. The number of ether oxygens (including phenoxy) is 1. The van der Waals surface area contributed by atoms with Crippen LogP contribution in [0.25, 0.3) is 0 Å². The summed E-state index contributed by atoms with van der Waals surface area (Å²) in [6, 6.07) is 25.7. The molecule has 0 radical (unpaired) electrons. The van der Waals surface area contributed by atoms with Crippen molar-refractivity contribution >= 4 is 39.1 Å². The van der Waals surface area contributed by atoms with Gasteiger partial charge in [-0.3, -0.25) is 13.9 Å². The molecule has 4 rings (SSSR count). The second kappa shape index (κ2) is 14.9. The van der Waals surface area contributed by atoms with E-state index < -0.39 is 40.2 Å². The molecule has 0 aliphatic carbocycles. The number of hydrogen-bond acceptors (Lipinski definition) is 5. The molecular formula is C33H33ClFN3O5S. The minimum atomic E-state index is -4.34. The number of amides is 2. The lowest BCUT2D eigenvalue weighted by atomic mass is 10.0. The summed E-state index contributed by atoms with van der Waals surface area (Å²) in [5.74, 6) is -1.17. The van der Waals surface area contributed by atoms with E-state index in [1.54, 1.807) is 31.2 Å². The molecule has 0 aliphatic rings. The fraction of sp³-hybridized carbons (Fsp3) is 0.212. The van der Waals surface area contributed by atoms with Crippen molar-refractivity contribution in [1.82, 2.24) is 10.2 Å². The third-order valence-corrected chi connectivity index (χ3v) is 9.12. The zero-order valence-electron chi connectivity index (χ0n) is 24.3. The Morgan fingerprint density at radius 2 is 1.55 bits per heavy atom. The lowest BCUT2D eigenvalue weighted by Crippen LogP contribution is -2.53. The largest absolute Gasteiger partial charge is 0.497 e. The lowest BCUT2D eigenvalue weighted by Gasteiger charge is -2.34. The first-order valence-corrected chi connectivity index (χ1v) is 15.7. The summed E-state index contributed by atoms with van der Waals surface area (Å²) >= 11 is 6.48. The molecule has 11 heteroatoms. The number of carbonyl (C=O) groups is 2. The van der Waals surface area contributed by atoms with Crippen molar-refractivity contribution in [3.63, 3.8) is 0 Å². The van der Waals surface area contributed by atoms with Crippen molar-refractivity contribution < 1.29 is 27.1 Å². The fourth-order valence-electron chi connectivity index (χ4n) is 4.67. The number of hydrogen-bond donors (Lipinski definition) is 1. The molecule has 8 nitrogen and oxygen atoms in total. The van der Waals surface area contributed by atoms with Gasteiger partial charge in [-0.1, -0.05) is 60.1 Å². The molecule has 2 amide bonds. The van der Waals surface area contributed by atoms with E-state index >= 15 is 0 Å². The zero-order chi connectivity index (χ0) is 31.7. The minimum absolute atomic E-state index is 0.0625. The van der Waals surface area contributed by atoms with E-state index in [2.05, 4.69) is 5.32 Å². The van der Waals surface area contributed by atoms with Crippen LogP contribution < -0.4 is 14.4 Å². The Labute approximate surface area is 262 Å². The Hall–Kier alpha value is -4.41. The number of rotatable bonds is 13. The summed E-state index contributed by atoms with van der Waals surface area (Å²) in [5.41, 5.74) is 1.46. The summed E-state index contributed by atoms with van der Waals surface area (Å²) in [5, 5.41) is 3.20. The van der Waals surface area contributed by atoms with Crippen molar-refractivity contribution in [2.45, 2.75) is 30.8 Å². The number of nitrogens with one attached hydrogen (secondary N) is 1. The van der Waals surface area contributed by atoms with E-state index in [4.69, 9.17) is 16.3 Å². The molecule has 4 aromatic carbocycles. The number of nitrogens with zero attached hydrogens (tertiary/aromatic N) is 2. The van der Waals surface area contributed by atoms with E-state index in [1.165, 1.54) is 48.4 Å². The molecule has 0 aromatic heterocycles. The highest BCUT2D eigenvalue weighted by Crippen LogP contribution is 2.27. The van der Waals surface area contributed by atoms with Crippen LogP contribution in [0.3, 0.4) is 0 Å². The maximum atomic E-state index is 14.3. The molecule has 1 atom stereocenters. The number of halogens is 2. The number of benzene rings is 4. The normalized spacial score (nSPS) is 11.8. The maximum Gasteiger partial charge on any atom is 0.264 e. The van der Waals surface area contributed by atoms with Gasteiger partial charge in [0.05, 0.1) is 17.7 Å². The highest BCUT2D eigenvalue weighted by atomic mass is 35.5. The molecular weight excluding hydrogens is 605 g/mol. The van der Waals surface area contributed by atoms with Crippen LogP contribution in [-0.2, 0) is 32.6 Å². The van der Waals surface area contributed by atoms with Gasteiger partial charge in [0.15, 0.2) is 0 Å². The first-order valence-electron chi connectivity index (χ1n) is 13.9. The predicted octanol–water partition coefficient (Wildman–Crippen LogP) is 5.46. The molecule has 0 heterocycles. The summed E-state index contributed by atoms with van der Waals surface area (Å²) in [6.45, 7) is 1.36. The topological polar surface area (TPSA) is 96.0 Å². The molecule has 44 heavy (non-hydrogen) atoms. The molecule has 4 aromatic rings. The summed E-state index contributed by atoms with van der Waals surface area (Å²) < 4.78 is 48.0. The van der Waals surface area contributed by atoms with E-state index in [1.807, 2.05) is 30.3 Å². The van der Waals surface area contributed by atoms with Gasteiger partial charge < -0.3 is 15.0 Å². The van der Waals surface area contributed by atoms with E-state index in [9.17, 15) is 22.4 Å². The molecule has 1 N–H and O–H groups in total. The molecule has 230 valence electrons. The molecule has 0 spiro atoms. The van der Waals surface area contributed by atoms with Gasteiger partial charge in [0.1, 0.15) is 24.2 Å². The zero-order valence-corrected chi connectivity index (χ0v) is 25.9. The predicted molar refractivity (Wildman–Crippen MR) is 169 cm³/mol. The third-order valence-electron chi connectivity index (χ3n) is 6.96. The number of likely N-dealkylation sites (N-methyl/N-ethyl adjacent to an activating group) is 1. The van der Waals surface area contributed by atoms with Crippen molar-refractivity contribution in [2.24, 2.45) is 0 Å². The minimum Gasteiger partial charge on any atom is -0.497 e. The summed E-state index contributed by atoms with van der Waals surface area (Å²) in [4.78, 5) is 29.1. The highest BCUT2D eigenvalue weighted by molar-refractivity contribution is 7.92. The van der Waals surface area contributed by atoms with E-state index in [0.29, 0.717) is 22.9 Å². The van der Waals surface area contributed by atoms with Gasteiger partial charge in [-0.15, -0.1) is 0 Å². The quantitative estimate of drug-likeness (QED) is 0.210. The Balaban J connectivity index is 1.80. The van der Waals surface area contributed by atoms with Crippen LogP contribution in [0.1, 0.15) is 18.1 Å². The second-order valence-corrected chi connectivity index (χ2v) is 12.1. The van der Waals surface area contributed by atoms with Crippen molar-refractivity contribution in [3.05, 3.63) is 125 Å². The number of sulfonamides is 1. The summed E-state index contributed by atoms with van der Waals surface area (Å²) in [6.07, 6.45) is 0.171. The SMILES string of the molecule is CCNC(=O)[C@H](Cc1ccccc1)N(Cc1ccccc1Cl)C(=O)CN(c1ccc(F)cc1)S(=O)(=O)c1ccc(OC)cc1. The molecule has 0 saturated carbocycles. The van der Waals surface area contributed by atoms with Crippen LogP contribution in [0.2, 0.25) is 5.02 Å². The molecule has 0 aliphatic heterocycles. The van der Waals surface area contributed by atoms with Gasteiger partial charge in [-0.25, -0.2) is 12.8 Å².